The molecular formula is C17H21NO2. The number of nitrogens with zero attached hydrogens (tertiary/aromatic N) is 1. The van der Waals surface area contributed by atoms with E-state index in [9.17, 15) is 5.11 Å². The maximum Gasteiger partial charge on any atom is 0.192 e. The van der Waals surface area contributed by atoms with Crippen LogP contribution in [0.3, 0.4) is 0 Å². The highest BCUT2D eigenvalue weighted by atomic mass is 16.5. The molecule has 3 heteroatoms. The molecular weight excluding hydrogens is 250 g/mol. The van der Waals surface area contributed by atoms with Gasteiger partial charge in [0.05, 0.1) is 12.8 Å². The zero-order valence-electron chi connectivity index (χ0n) is 12.5. The number of phenolic OH excluding ortho intramolecular Hbond substituents is 1. The lowest BCUT2D eigenvalue weighted by Gasteiger charge is -2.20. The van der Waals surface area contributed by atoms with E-state index in [-0.39, 0.29) is 11.2 Å². The topological polar surface area (TPSA) is 41.8 Å². The van der Waals surface area contributed by atoms with E-state index >= 15 is 0 Å². The average molecular weight is 271 g/mol. The van der Waals surface area contributed by atoms with E-state index in [1.807, 2.05) is 12.1 Å². The van der Waals surface area contributed by atoms with Crippen molar-refractivity contribution in [1.82, 2.24) is 0 Å². The number of aromatic hydroxyl groups is 1. The predicted octanol–water partition coefficient (Wildman–Crippen LogP) is 4.15. The number of aliphatic imine (C=N–C) groups is 1. The van der Waals surface area contributed by atoms with Crippen molar-refractivity contribution in [3.63, 3.8) is 0 Å². The third-order valence-corrected chi connectivity index (χ3v) is 3.30. The van der Waals surface area contributed by atoms with E-state index in [0.717, 1.165) is 11.3 Å². The monoisotopic (exact) mass is 271 g/mol. The number of hydrogen-bond donors (Lipinski definition) is 1. The summed E-state index contributed by atoms with van der Waals surface area (Å²) in [6, 6.07) is 7.07. The molecule has 106 valence electrons. The standard InChI is InChI=1S/C17H21NO2/c1-17(2,3)13-7-10-16(20-4)18-15(11-13)12-5-8-14(19)9-6-12/h5-9,11,19H,10H2,1-4H3. The molecule has 1 aliphatic rings. The molecule has 20 heavy (non-hydrogen) atoms. The molecule has 0 amide bonds. The fourth-order valence-electron chi connectivity index (χ4n) is 2.05. The molecule has 3 nitrogen and oxygen atoms in total. The number of phenols is 1. The van der Waals surface area contributed by atoms with Crippen molar-refractivity contribution >= 4 is 11.6 Å². The van der Waals surface area contributed by atoms with Crippen LogP contribution in [-0.4, -0.2) is 18.1 Å². The van der Waals surface area contributed by atoms with Gasteiger partial charge in [0.1, 0.15) is 5.75 Å². The minimum absolute atomic E-state index is 0.0564. The van der Waals surface area contributed by atoms with Crippen LogP contribution in [0.25, 0.3) is 5.70 Å². The van der Waals surface area contributed by atoms with Crippen LogP contribution in [0.15, 0.2) is 47.0 Å². The van der Waals surface area contributed by atoms with Crippen LogP contribution in [0.2, 0.25) is 0 Å². The lowest BCUT2D eigenvalue weighted by atomic mass is 9.85. The summed E-state index contributed by atoms with van der Waals surface area (Å²) in [5.41, 5.74) is 3.12. The number of allylic oxidation sites excluding steroid dienone is 2. The van der Waals surface area contributed by atoms with Gasteiger partial charge in [0.25, 0.3) is 0 Å². The number of rotatable bonds is 1. The maximum atomic E-state index is 9.40. The van der Waals surface area contributed by atoms with E-state index < -0.39 is 0 Å². The third kappa shape index (κ3) is 3.29. The molecule has 1 N–H and O–H groups in total. The molecule has 1 aromatic carbocycles. The molecule has 0 saturated carbocycles. The molecule has 0 saturated heterocycles. The van der Waals surface area contributed by atoms with Crippen molar-refractivity contribution in [2.75, 3.05) is 7.11 Å². The molecule has 0 aromatic heterocycles. The lowest BCUT2D eigenvalue weighted by molar-refractivity contribution is 0.395. The first-order valence-corrected chi connectivity index (χ1v) is 6.73. The van der Waals surface area contributed by atoms with Gasteiger partial charge in [-0.25, -0.2) is 4.99 Å². The molecule has 0 spiro atoms. The summed E-state index contributed by atoms with van der Waals surface area (Å²) >= 11 is 0. The van der Waals surface area contributed by atoms with Gasteiger partial charge in [-0.05, 0) is 41.3 Å². The first-order chi connectivity index (χ1) is 9.40. The Kier molecular flexibility index (Phi) is 3.98. The summed E-state index contributed by atoms with van der Waals surface area (Å²) in [5.74, 6) is 0.953. The van der Waals surface area contributed by atoms with Gasteiger partial charge < -0.3 is 9.84 Å². The fraction of sp³-hybridized carbons (Fsp3) is 0.353. The Morgan fingerprint density at radius 3 is 2.35 bits per heavy atom. The van der Waals surface area contributed by atoms with E-state index in [1.54, 1.807) is 19.2 Å². The molecule has 1 aromatic rings. The first kappa shape index (κ1) is 14.4. The normalized spacial score (nSPS) is 15.9. The Labute approximate surface area is 120 Å². The van der Waals surface area contributed by atoms with Crippen molar-refractivity contribution in [3.8, 4) is 5.75 Å². The van der Waals surface area contributed by atoms with Gasteiger partial charge in [-0.3, -0.25) is 0 Å². The maximum absolute atomic E-state index is 9.40. The van der Waals surface area contributed by atoms with Crippen LogP contribution in [0.4, 0.5) is 0 Å². The Bertz CT molecular complexity index is 572. The van der Waals surface area contributed by atoms with Crippen molar-refractivity contribution in [2.45, 2.75) is 27.2 Å². The minimum Gasteiger partial charge on any atom is -0.508 e. The third-order valence-electron chi connectivity index (χ3n) is 3.30. The molecule has 0 radical (unpaired) electrons. The predicted molar refractivity (Wildman–Crippen MR) is 82.7 cm³/mol. The van der Waals surface area contributed by atoms with Crippen LogP contribution in [0.1, 0.15) is 32.8 Å². The van der Waals surface area contributed by atoms with Crippen molar-refractivity contribution in [1.29, 1.82) is 0 Å². The largest absolute Gasteiger partial charge is 0.508 e. The molecule has 2 rings (SSSR count). The van der Waals surface area contributed by atoms with E-state index in [4.69, 9.17) is 4.74 Å². The molecule has 0 atom stereocenters. The van der Waals surface area contributed by atoms with Gasteiger partial charge in [-0.1, -0.05) is 26.8 Å². The van der Waals surface area contributed by atoms with E-state index in [0.29, 0.717) is 12.3 Å². The first-order valence-electron chi connectivity index (χ1n) is 6.73. The SMILES string of the molecule is COC1=NC(c2ccc(O)cc2)=CC(C(C)(C)C)=CC1. The molecule has 0 unspecified atom stereocenters. The van der Waals surface area contributed by atoms with Crippen molar-refractivity contribution in [3.05, 3.63) is 47.6 Å². The highest BCUT2D eigenvalue weighted by Gasteiger charge is 2.19. The average Bonchev–Trinajstić information content (AvgIpc) is 2.61. The smallest absolute Gasteiger partial charge is 0.192 e. The Hall–Kier alpha value is -2.03. The Morgan fingerprint density at radius 2 is 1.80 bits per heavy atom. The van der Waals surface area contributed by atoms with Gasteiger partial charge in [-0.2, -0.15) is 0 Å². The van der Waals surface area contributed by atoms with Crippen LogP contribution < -0.4 is 0 Å². The van der Waals surface area contributed by atoms with Crippen LogP contribution in [0.5, 0.6) is 5.75 Å². The van der Waals surface area contributed by atoms with Crippen LogP contribution in [0, 0.1) is 5.41 Å². The second-order valence-corrected chi connectivity index (χ2v) is 5.90. The van der Waals surface area contributed by atoms with Gasteiger partial charge >= 0.3 is 0 Å². The van der Waals surface area contributed by atoms with Crippen LogP contribution in [-0.2, 0) is 4.74 Å². The number of benzene rings is 1. The number of methoxy groups -OCH3 is 1. The molecule has 1 heterocycles. The number of hydrogen-bond acceptors (Lipinski definition) is 3. The van der Waals surface area contributed by atoms with E-state index in [2.05, 4.69) is 37.9 Å². The van der Waals surface area contributed by atoms with Gasteiger partial charge in [0.2, 0.25) is 0 Å². The highest BCUT2D eigenvalue weighted by molar-refractivity contribution is 5.87. The number of ether oxygens (including phenoxy) is 1. The summed E-state index contributed by atoms with van der Waals surface area (Å²) in [6.07, 6.45) is 4.95. The van der Waals surface area contributed by atoms with Gasteiger partial charge in [0.15, 0.2) is 5.90 Å². The highest BCUT2D eigenvalue weighted by Crippen LogP contribution is 2.32. The van der Waals surface area contributed by atoms with Crippen LogP contribution >= 0.6 is 0 Å². The lowest BCUT2D eigenvalue weighted by Crippen LogP contribution is -2.08. The quantitative estimate of drug-likeness (QED) is 0.833. The van der Waals surface area contributed by atoms with E-state index in [1.165, 1.54) is 5.57 Å². The summed E-state index contributed by atoms with van der Waals surface area (Å²) < 4.78 is 5.32. The molecule has 0 bridgehead atoms. The minimum atomic E-state index is 0.0564. The molecule has 0 fully saturated rings. The van der Waals surface area contributed by atoms with Crippen molar-refractivity contribution < 1.29 is 9.84 Å². The second kappa shape index (κ2) is 5.53. The summed E-state index contributed by atoms with van der Waals surface area (Å²) in [7, 11) is 1.64. The summed E-state index contributed by atoms with van der Waals surface area (Å²) in [5, 5.41) is 9.40. The Balaban J connectivity index is 2.48. The zero-order chi connectivity index (χ0) is 14.8. The zero-order valence-corrected chi connectivity index (χ0v) is 12.5. The summed E-state index contributed by atoms with van der Waals surface area (Å²) in [6.45, 7) is 6.55. The molecule has 1 aliphatic heterocycles. The second-order valence-electron chi connectivity index (χ2n) is 5.90. The fourth-order valence-corrected chi connectivity index (χ4v) is 2.05. The van der Waals surface area contributed by atoms with Gasteiger partial charge in [0, 0.05) is 12.0 Å². The van der Waals surface area contributed by atoms with Gasteiger partial charge in [-0.15, -0.1) is 0 Å². The summed E-state index contributed by atoms with van der Waals surface area (Å²) in [4.78, 5) is 4.58. The van der Waals surface area contributed by atoms with Crippen molar-refractivity contribution in [2.24, 2.45) is 10.4 Å². The molecule has 0 aliphatic carbocycles. The Morgan fingerprint density at radius 1 is 1.15 bits per heavy atom.